The number of hydrogen-bond donors (Lipinski definition) is 0. The Bertz CT molecular complexity index is 2560. The van der Waals surface area contributed by atoms with Gasteiger partial charge in [0.05, 0.1) is 0 Å². The first kappa shape index (κ1) is 144. The number of rotatable bonds is 0. The molecule has 0 amide bonds. The van der Waals surface area contributed by atoms with Crippen LogP contribution in [0.4, 0.5) is 0 Å². The predicted molar refractivity (Wildman–Crippen MR) is 650 cm³/mol. The van der Waals surface area contributed by atoms with Crippen LogP contribution in [-0.2, 0) is 144 Å². The van der Waals surface area contributed by atoms with Gasteiger partial charge in [-0.3, -0.25) is 0 Å². The van der Waals surface area contributed by atoms with Crippen LogP contribution in [-0.4, -0.2) is 300 Å². The van der Waals surface area contributed by atoms with E-state index < -0.39 is 300 Å². The first-order chi connectivity index (χ1) is 59.7. The minimum absolute atomic E-state index is 2.05. The normalized spacial score (nSPS) is 31.5. The Kier molecular flexibility index (Phi) is 49.3. The standard InChI is InChI=1S/C70H210O35Si35/c1-106(2)71-107(3,4)73-109(7,8)75-111(11,12)77-113(15,16)79-115(19,20)81-117(23,24)83-119(27,28)85-121(31,32)87-123(35,36)89-125(39,40)91-127(43,44)93-129(47,48)95-131(51,52)97-133(55,56)99-135(59,60)101-137(63,64)103-139(67,68)105-140(69,70)104-138(65,66)102-136(61,62)100-134(57,58)98-132(53,54)96-130(49,50)94-128(45,46)92-126(41,42)90-124(37,38)88-122(33,34)86-120(29,30)84-118(25,26)82-116(21,22)80-114(17,18)78-112(13,14)76-110(9,10)74-108(5,6)72-106/h1-70H3. The lowest BCUT2D eigenvalue weighted by molar-refractivity contribution is 0.241. The van der Waals surface area contributed by atoms with Crippen molar-refractivity contribution in [2.45, 2.75) is 458 Å². The molecule has 0 aromatic heterocycles. The average molecular weight is 2600 g/mol. The van der Waals surface area contributed by atoms with Gasteiger partial charge >= 0.3 is 300 Å². The lowest BCUT2D eigenvalue weighted by atomic mass is 11.9. The van der Waals surface area contributed by atoms with Gasteiger partial charge in [-0.1, -0.05) is 0 Å². The summed E-state index contributed by atoms with van der Waals surface area (Å²) in [6.07, 6.45) is 0. The average Bonchev–Trinajstić information content (AvgIpc) is 0.798. The van der Waals surface area contributed by atoms with Crippen LogP contribution in [0.15, 0.2) is 0 Å². The van der Waals surface area contributed by atoms with E-state index in [1.807, 2.05) is 0 Å². The van der Waals surface area contributed by atoms with Gasteiger partial charge in [0.2, 0.25) is 0 Å². The molecule has 840 valence electrons. The summed E-state index contributed by atoms with van der Waals surface area (Å²) in [6, 6.07) is 0. The van der Waals surface area contributed by atoms with E-state index in [0.717, 1.165) is 0 Å². The Hall–Kier alpha value is 6.19. The molecule has 1 heterocycles. The van der Waals surface area contributed by atoms with E-state index in [4.69, 9.17) is 144 Å². The molecule has 0 radical (unpaired) electrons. The zero-order valence-electron chi connectivity index (χ0n) is 102. The molecule has 0 aliphatic carbocycles. The SMILES string of the molecule is C[Si]1(C)O[Si](C)(C)O[Si](C)(C)O[Si](C)(C)O[Si](C)(C)O[Si](C)(C)O[Si](C)(C)O[Si](C)(C)O[Si](C)(C)O[Si](C)(C)O[Si](C)(C)O[Si](C)(C)O[Si](C)(C)O[Si](C)(C)O[Si](C)(C)O[Si](C)(C)O[Si](C)(C)O[Si](C)(C)O[Si](C)(C)O[Si](C)(C)O[Si](C)(C)O[Si](C)(C)O[Si](C)(C)O[Si](C)(C)O[Si](C)(C)O[Si](C)(C)O[Si](C)(C)O[Si](C)(C)O[Si](C)(C)O[Si](C)(C)O[Si](C)(C)O[Si](C)(C)O[Si](C)(C)O[Si](C)(C)O[Si](C)(C)O1. The maximum atomic E-state index is 7.05. The molecule has 0 bridgehead atoms. The Morgan fingerprint density at radius 1 is 0.0429 bits per heavy atom. The fourth-order valence-electron chi connectivity index (χ4n) is 21.4. The molecule has 0 aromatic rings. The van der Waals surface area contributed by atoms with Gasteiger partial charge in [0.15, 0.2) is 0 Å². The minimum atomic E-state index is -2.96. The molecule has 140 heavy (non-hydrogen) atoms. The Labute approximate surface area is 893 Å². The highest BCUT2D eigenvalue weighted by Gasteiger charge is 2.61. The third kappa shape index (κ3) is 63.3. The highest BCUT2D eigenvalue weighted by atomic mass is 28.6. The molecule has 1 rings (SSSR count). The molecular weight excluding hydrogens is 2380 g/mol. The summed E-state index contributed by atoms with van der Waals surface area (Å²) < 4.78 is 247. The number of hydrogen-bond acceptors (Lipinski definition) is 35. The summed E-state index contributed by atoms with van der Waals surface area (Å²) >= 11 is 0. The lowest BCUT2D eigenvalue weighted by Crippen LogP contribution is -2.63. The van der Waals surface area contributed by atoms with Crippen LogP contribution < -0.4 is 0 Å². The smallest absolute Gasteiger partial charge is 0.314 e. The van der Waals surface area contributed by atoms with Crippen molar-refractivity contribution in [1.29, 1.82) is 0 Å². The van der Waals surface area contributed by atoms with E-state index >= 15 is 0 Å². The molecule has 1 aliphatic heterocycles. The second kappa shape index (κ2) is 47.8. The summed E-state index contributed by atoms with van der Waals surface area (Å²) in [6.45, 7) is 144. The van der Waals surface area contributed by atoms with Crippen LogP contribution in [0.3, 0.4) is 0 Å². The van der Waals surface area contributed by atoms with Crippen LogP contribution in [0.25, 0.3) is 0 Å². The Balaban J connectivity index is 3.84. The van der Waals surface area contributed by atoms with Crippen molar-refractivity contribution in [2.24, 2.45) is 0 Å². The molecule has 0 saturated carbocycles. The van der Waals surface area contributed by atoms with Crippen LogP contribution in [0, 0.1) is 0 Å². The van der Waals surface area contributed by atoms with Crippen molar-refractivity contribution >= 4 is 300 Å². The minimum Gasteiger partial charge on any atom is -0.416 e. The first-order valence-corrected chi connectivity index (χ1v) is 148. The molecule has 1 saturated heterocycles. The van der Waals surface area contributed by atoms with Gasteiger partial charge in [0, 0.05) is 0 Å². The zero-order chi connectivity index (χ0) is 112. The van der Waals surface area contributed by atoms with E-state index in [2.05, 4.69) is 458 Å². The van der Waals surface area contributed by atoms with Crippen molar-refractivity contribution in [3.8, 4) is 0 Å². The lowest BCUT2D eigenvalue weighted by Gasteiger charge is -2.45. The summed E-state index contributed by atoms with van der Waals surface area (Å²) in [5.74, 6) is 0. The van der Waals surface area contributed by atoms with Crippen molar-refractivity contribution < 1.29 is 144 Å². The summed E-state index contributed by atoms with van der Waals surface area (Å²) in [5.41, 5.74) is 0. The van der Waals surface area contributed by atoms with E-state index in [-0.39, 0.29) is 0 Å². The Morgan fingerprint density at radius 3 is 0.0714 bits per heavy atom. The van der Waals surface area contributed by atoms with Gasteiger partial charge in [-0.25, -0.2) is 0 Å². The fourth-order valence-corrected chi connectivity index (χ4v) is 206. The van der Waals surface area contributed by atoms with Crippen molar-refractivity contribution in [3.63, 3.8) is 0 Å². The molecule has 0 atom stereocenters. The third-order valence-corrected chi connectivity index (χ3v) is 155. The molecule has 0 spiro atoms. The second-order valence-corrected chi connectivity index (χ2v) is 179. The second-order valence-electron chi connectivity index (χ2n) is 52.6. The van der Waals surface area contributed by atoms with Crippen molar-refractivity contribution in [3.05, 3.63) is 0 Å². The molecule has 1 fully saturated rings. The molecule has 0 aromatic carbocycles. The monoisotopic (exact) mass is 2590 g/mol. The van der Waals surface area contributed by atoms with Gasteiger partial charge in [-0.15, -0.1) is 0 Å². The molecule has 35 nitrogen and oxygen atoms in total. The third-order valence-electron chi connectivity index (χ3n) is 17.2. The molecule has 0 N–H and O–H groups in total. The van der Waals surface area contributed by atoms with Gasteiger partial charge in [0.1, 0.15) is 0 Å². The zero-order valence-corrected chi connectivity index (χ0v) is 137. The predicted octanol–water partition coefficient (Wildman–Crippen LogP) is 25.1. The van der Waals surface area contributed by atoms with Crippen molar-refractivity contribution in [1.82, 2.24) is 0 Å². The molecule has 70 heteroatoms. The highest BCUT2D eigenvalue weighted by molar-refractivity contribution is 7.01. The van der Waals surface area contributed by atoms with Crippen LogP contribution in [0.5, 0.6) is 0 Å². The summed E-state index contributed by atoms with van der Waals surface area (Å²) in [4.78, 5) is 0. The largest absolute Gasteiger partial charge is 0.416 e. The molecule has 1 aliphatic rings. The summed E-state index contributed by atoms with van der Waals surface area (Å²) in [7, 11) is -104. The maximum Gasteiger partial charge on any atom is 0.314 e. The topological polar surface area (TPSA) is 323 Å². The quantitative estimate of drug-likeness (QED) is 0.203. The van der Waals surface area contributed by atoms with Crippen LogP contribution in [0.1, 0.15) is 0 Å². The maximum absolute atomic E-state index is 7.05. The van der Waals surface area contributed by atoms with Crippen LogP contribution in [0.2, 0.25) is 458 Å². The van der Waals surface area contributed by atoms with E-state index in [1.165, 1.54) is 0 Å². The van der Waals surface area contributed by atoms with Gasteiger partial charge < -0.3 is 144 Å². The van der Waals surface area contributed by atoms with Gasteiger partial charge in [0.25, 0.3) is 0 Å². The molecule has 0 unspecified atom stereocenters. The first-order valence-electron chi connectivity index (χ1n) is 49.3. The molecular formula is C70H210O35Si35. The summed E-state index contributed by atoms with van der Waals surface area (Å²) in [5, 5.41) is 0. The highest BCUT2D eigenvalue weighted by Crippen LogP contribution is 2.41. The van der Waals surface area contributed by atoms with E-state index in [1.54, 1.807) is 0 Å². The van der Waals surface area contributed by atoms with Crippen LogP contribution >= 0.6 is 0 Å². The Morgan fingerprint density at radius 2 is 0.0571 bits per heavy atom. The van der Waals surface area contributed by atoms with Crippen molar-refractivity contribution in [2.75, 3.05) is 0 Å². The van der Waals surface area contributed by atoms with E-state index in [0.29, 0.717) is 0 Å². The van der Waals surface area contributed by atoms with E-state index in [9.17, 15) is 0 Å². The fraction of sp³-hybridized carbons (Fsp3) is 1.00. The van der Waals surface area contributed by atoms with Gasteiger partial charge in [-0.05, 0) is 458 Å². The van der Waals surface area contributed by atoms with Gasteiger partial charge in [-0.2, -0.15) is 0 Å².